The zero-order valence-electron chi connectivity index (χ0n) is 23.7. The molecule has 44 heavy (non-hydrogen) atoms. The number of hydrogen-bond donors (Lipinski definition) is 1. The molecule has 3 heterocycles. The molecule has 0 bridgehead atoms. The summed E-state index contributed by atoms with van der Waals surface area (Å²) in [5, 5.41) is 12.6. The van der Waals surface area contributed by atoms with Gasteiger partial charge < -0.3 is 14.5 Å². The van der Waals surface area contributed by atoms with E-state index in [1.54, 1.807) is 45.0 Å². The molecule has 12 nitrogen and oxygen atoms in total. The van der Waals surface area contributed by atoms with Crippen molar-refractivity contribution in [2.45, 2.75) is 36.9 Å². The van der Waals surface area contributed by atoms with Gasteiger partial charge in [0.15, 0.2) is 9.96 Å². The summed E-state index contributed by atoms with van der Waals surface area (Å²) in [5.41, 5.74) is 0.764. The Hall–Kier alpha value is -4.53. The largest absolute Gasteiger partial charge is 0.496 e. The molecule has 0 radical (unpaired) electrons. The quantitative estimate of drug-likeness (QED) is 0.129. The second-order valence-corrected chi connectivity index (χ2v) is 11.9. The Kier molecular flexibility index (Phi) is 8.85. The number of carbonyl (C=O) groups excluding carboxylic acids is 1. The van der Waals surface area contributed by atoms with E-state index in [0.717, 1.165) is 23.1 Å². The van der Waals surface area contributed by atoms with E-state index < -0.39 is 22.5 Å². The molecule has 1 aliphatic heterocycles. The highest BCUT2D eigenvalue weighted by Gasteiger charge is 2.35. The smallest absolute Gasteiger partial charge is 0.338 e. The summed E-state index contributed by atoms with van der Waals surface area (Å²) in [6.45, 7) is 5.10. The number of nitro benzene ring substituents is 1. The molecule has 5 rings (SSSR count). The molecule has 1 aliphatic rings. The van der Waals surface area contributed by atoms with Crippen LogP contribution in [0.2, 0.25) is 5.02 Å². The average Bonchev–Trinajstić information content (AvgIpc) is 3.26. The third-order valence-corrected chi connectivity index (χ3v) is 8.71. The van der Waals surface area contributed by atoms with Crippen LogP contribution in [0.3, 0.4) is 0 Å². The van der Waals surface area contributed by atoms with Crippen LogP contribution in [0, 0.1) is 17.0 Å². The number of methoxy groups -OCH3 is 1. The summed E-state index contributed by atoms with van der Waals surface area (Å²) >= 11 is 8.36. The number of nitrogens with one attached hydrogen (secondary N) is 1. The first-order valence-electron chi connectivity index (χ1n) is 13.1. The highest BCUT2D eigenvalue weighted by Crippen LogP contribution is 2.37. The number of aromatic nitrogens is 3. The number of allylic oxidation sites excluding steroid dienone is 1. The standard InChI is InChI=1S/C29H24ClN5O7S2/c1-5-42-27(38)24-15(3)32-29-34(25(24)18-13-17(30)7-8-20(18)41-4)26(37)22(44-29)12-16-6-9-21(19(11-16)35(39)40)43-28-31-14(2)10-23(36)33-28/h6-13,25H,5H2,1-4H3,(H,31,33,36)/b22-12-/t25-/m0/s1. The Bertz CT molecular complexity index is 2100. The molecule has 2 aromatic carbocycles. The van der Waals surface area contributed by atoms with Crippen LogP contribution in [-0.4, -0.2) is 39.1 Å². The van der Waals surface area contributed by atoms with Crippen molar-refractivity contribution >= 4 is 52.4 Å². The zero-order chi connectivity index (χ0) is 31.7. The normalized spacial score (nSPS) is 14.7. The van der Waals surface area contributed by atoms with Crippen molar-refractivity contribution < 1.29 is 19.2 Å². The molecule has 0 amide bonds. The number of halogens is 1. The van der Waals surface area contributed by atoms with Crippen molar-refractivity contribution in [1.82, 2.24) is 14.5 Å². The monoisotopic (exact) mass is 653 g/mol. The van der Waals surface area contributed by atoms with Gasteiger partial charge in [0.2, 0.25) is 0 Å². The Morgan fingerprint density at radius 2 is 2.00 bits per heavy atom. The Balaban J connectivity index is 1.66. The number of thiazole rings is 1. The molecule has 1 atom stereocenters. The number of H-pyrrole nitrogens is 1. The third-order valence-electron chi connectivity index (χ3n) is 6.54. The molecule has 4 aromatic rings. The minimum absolute atomic E-state index is 0.114. The summed E-state index contributed by atoms with van der Waals surface area (Å²) < 4.78 is 12.5. The van der Waals surface area contributed by atoms with Gasteiger partial charge in [-0.2, -0.15) is 0 Å². The molecule has 0 fully saturated rings. The molecular formula is C29H24ClN5O7S2. The number of benzene rings is 2. The van der Waals surface area contributed by atoms with Gasteiger partial charge in [-0.3, -0.25) is 24.3 Å². The van der Waals surface area contributed by atoms with Gasteiger partial charge in [0, 0.05) is 28.4 Å². The fourth-order valence-electron chi connectivity index (χ4n) is 4.71. The van der Waals surface area contributed by atoms with E-state index in [4.69, 9.17) is 21.1 Å². The highest BCUT2D eigenvalue weighted by atomic mass is 35.5. The lowest BCUT2D eigenvalue weighted by atomic mass is 9.95. The summed E-state index contributed by atoms with van der Waals surface area (Å²) in [4.78, 5) is 62.3. The number of hydrogen-bond acceptors (Lipinski definition) is 11. The number of fused-ring (bicyclic) bond motifs is 1. The predicted molar refractivity (Wildman–Crippen MR) is 165 cm³/mol. The second-order valence-electron chi connectivity index (χ2n) is 9.47. The Labute approximate surface area is 262 Å². The van der Waals surface area contributed by atoms with Crippen molar-refractivity contribution in [2.24, 2.45) is 4.99 Å². The first kappa shape index (κ1) is 30.9. The third kappa shape index (κ3) is 6.09. The van der Waals surface area contributed by atoms with Gasteiger partial charge in [0.25, 0.3) is 16.8 Å². The van der Waals surface area contributed by atoms with Gasteiger partial charge in [0.1, 0.15) is 11.8 Å². The molecule has 2 aromatic heterocycles. The Morgan fingerprint density at radius 3 is 2.68 bits per heavy atom. The molecule has 0 saturated heterocycles. The fourth-order valence-corrected chi connectivity index (χ4v) is 6.86. The summed E-state index contributed by atoms with van der Waals surface area (Å²) in [6, 6.07) is 9.74. The molecule has 226 valence electrons. The predicted octanol–water partition coefficient (Wildman–Crippen LogP) is 3.91. The first-order chi connectivity index (χ1) is 21.0. The maximum absolute atomic E-state index is 14.0. The minimum atomic E-state index is -0.960. The van der Waals surface area contributed by atoms with Crippen molar-refractivity contribution in [3.63, 3.8) is 0 Å². The second kappa shape index (κ2) is 12.6. The van der Waals surface area contributed by atoms with E-state index in [1.807, 2.05) is 0 Å². The number of nitrogens with zero attached hydrogens (tertiary/aromatic N) is 4. The number of nitro groups is 1. The maximum Gasteiger partial charge on any atom is 0.338 e. The van der Waals surface area contributed by atoms with E-state index >= 15 is 0 Å². The van der Waals surface area contributed by atoms with Crippen LogP contribution in [0.4, 0.5) is 5.69 Å². The van der Waals surface area contributed by atoms with Crippen molar-refractivity contribution in [3.05, 3.63) is 116 Å². The summed E-state index contributed by atoms with van der Waals surface area (Å²) in [5.74, 6) is -0.234. The number of ether oxygens (including phenoxy) is 2. The average molecular weight is 654 g/mol. The highest BCUT2D eigenvalue weighted by molar-refractivity contribution is 7.99. The number of esters is 1. The van der Waals surface area contributed by atoms with Crippen LogP contribution in [0.5, 0.6) is 5.75 Å². The van der Waals surface area contributed by atoms with Gasteiger partial charge >= 0.3 is 5.97 Å². The van der Waals surface area contributed by atoms with Crippen LogP contribution in [0.15, 0.2) is 78.4 Å². The SMILES string of the molecule is CCOC(=O)C1=C(C)N=c2s/c(=C\c3ccc(Sc4nc(C)cc(=O)[nH]4)c([N+](=O)[O-])c3)c(=O)n2[C@H]1c1cc(Cl)ccc1OC. The molecular weight excluding hydrogens is 630 g/mol. The van der Waals surface area contributed by atoms with Crippen LogP contribution in [0.1, 0.15) is 36.7 Å². The number of aryl methyl sites for hydroxylation is 1. The van der Waals surface area contributed by atoms with E-state index in [-0.39, 0.29) is 38.0 Å². The topological polar surface area (TPSA) is 159 Å². The zero-order valence-corrected chi connectivity index (χ0v) is 26.1. The van der Waals surface area contributed by atoms with E-state index in [2.05, 4.69) is 15.0 Å². The molecule has 1 N–H and O–H groups in total. The van der Waals surface area contributed by atoms with Crippen LogP contribution >= 0.6 is 34.7 Å². The fraction of sp³-hybridized carbons (Fsp3) is 0.207. The van der Waals surface area contributed by atoms with Gasteiger partial charge in [-0.25, -0.2) is 14.8 Å². The molecule has 15 heteroatoms. The molecule has 0 spiro atoms. The van der Waals surface area contributed by atoms with Crippen LogP contribution in [-0.2, 0) is 9.53 Å². The lowest BCUT2D eigenvalue weighted by Gasteiger charge is -2.26. The van der Waals surface area contributed by atoms with Crippen molar-refractivity contribution in [2.75, 3.05) is 13.7 Å². The molecule has 0 unspecified atom stereocenters. The molecule has 0 saturated carbocycles. The minimum Gasteiger partial charge on any atom is -0.496 e. The number of rotatable bonds is 8. The number of carbonyl (C=O) groups is 1. The van der Waals surface area contributed by atoms with Crippen molar-refractivity contribution in [3.8, 4) is 5.75 Å². The first-order valence-corrected chi connectivity index (χ1v) is 15.1. The van der Waals surface area contributed by atoms with Crippen LogP contribution in [0.25, 0.3) is 6.08 Å². The summed E-state index contributed by atoms with van der Waals surface area (Å²) in [7, 11) is 1.47. The van der Waals surface area contributed by atoms with Gasteiger partial charge in [-0.05, 0) is 68.4 Å². The van der Waals surface area contributed by atoms with E-state index in [1.165, 1.54) is 36.0 Å². The molecule has 0 aliphatic carbocycles. The lowest BCUT2D eigenvalue weighted by Crippen LogP contribution is -2.40. The van der Waals surface area contributed by atoms with Gasteiger partial charge in [-0.15, -0.1) is 0 Å². The van der Waals surface area contributed by atoms with Crippen LogP contribution < -0.4 is 25.2 Å². The maximum atomic E-state index is 14.0. The summed E-state index contributed by atoms with van der Waals surface area (Å²) in [6.07, 6.45) is 1.52. The van der Waals surface area contributed by atoms with Gasteiger partial charge in [-0.1, -0.05) is 29.0 Å². The van der Waals surface area contributed by atoms with E-state index in [0.29, 0.717) is 38.1 Å². The van der Waals surface area contributed by atoms with Crippen molar-refractivity contribution in [1.29, 1.82) is 0 Å². The number of aromatic amines is 1. The Morgan fingerprint density at radius 1 is 1.23 bits per heavy atom. The lowest BCUT2D eigenvalue weighted by molar-refractivity contribution is -0.387. The van der Waals surface area contributed by atoms with Gasteiger partial charge in [0.05, 0.1) is 39.3 Å². The van der Waals surface area contributed by atoms with E-state index in [9.17, 15) is 24.5 Å².